The summed E-state index contributed by atoms with van der Waals surface area (Å²) in [5.41, 5.74) is 1.76. The van der Waals surface area contributed by atoms with Crippen molar-refractivity contribution in [3.63, 3.8) is 0 Å². The lowest BCUT2D eigenvalue weighted by molar-refractivity contribution is -0.385. The highest BCUT2D eigenvalue weighted by atomic mass is 16.6. The number of aromatic nitrogens is 1. The topological polar surface area (TPSA) is 68.1 Å². The smallest absolute Gasteiger partial charge is 0.277 e. The number of nitro groups is 1. The largest absolute Gasteiger partial charge is 0.369 e. The fourth-order valence-electron chi connectivity index (χ4n) is 2.11. The van der Waals surface area contributed by atoms with E-state index in [4.69, 9.17) is 0 Å². The molecule has 0 saturated carbocycles. The van der Waals surface area contributed by atoms with Crippen molar-refractivity contribution < 1.29 is 4.92 Å². The van der Waals surface area contributed by atoms with Crippen molar-refractivity contribution >= 4 is 11.5 Å². The molecular formula is C16H19N3O2. The average Bonchev–Trinajstić information content (AvgIpc) is 2.47. The summed E-state index contributed by atoms with van der Waals surface area (Å²) in [6.07, 6.45) is 1.52. The van der Waals surface area contributed by atoms with E-state index in [0.29, 0.717) is 17.9 Å². The SMILES string of the molecule is Cc1cnc(NCC(C)(C)c2ccccc2)cc1[N+](=O)[O-]. The molecule has 1 aromatic heterocycles. The predicted molar refractivity (Wildman–Crippen MR) is 83.6 cm³/mol. The Balaban J connectivity index is 2.13. The zero-order valence-electron chi connectivity index (χ0n) is 12.5. The molecule has 0 radical (unpaired) electrons. The maximum Gasteiger partial charge on any atom is 0.277 e. The standard InChI is InChI=1S/C16H19N3O2/c1-12-10-17-15(9-14(12)19(20)21)18-11-16(2,3)13-7-5-4-6-8-13/h4-10H,11H2,1-3H3,(H,17,18). The lowest BCUT2D eigenvalue weighted by Crippen LogP contribution is -2.27. The second kappa shape index (κ2) is 5.91. The zero-order valence-corrected chi connectivity index (χ0v) is 12.5. The van der Waals surface area contributed by atoms with Gasteiger partial charge in [0.1, 0.15) is 5.82 Å². The summed E-state index contributed by atoms with van der Waals surface area (Å²) in [5.74, 6) is 0.524. The molecule has 2 rings (SSSR count). The van der Waals surface area contributed by atoms with E-state index in [1.807, 2.05) is 18.2 Å². The van der Waals surface area contributed by atoms with Crippen LogP contribution >= 0.6 is 0 Å². The van der Waals surface area contributed by atoms with Gasteiger partial charge in [0.25, 0.3) is 5.69 Å². The molecule has 110 valence electrons. The van der Waals surface area contributed by atoms with Gasteiger partial charge in [-0.2, -0.15) is 0 Å². The van der Waals surface area contributed by atoms with Crippen LogP contribution in [0.15, 0.2) is 42.6 Å². The van der Waals surface area contributed by atoms with E-state index in [-0.39, 0.29) is 16.0 Å². The molecule has 0 bridgehead atoms. The van der Waals surface area contributed by atoms with Crippen LogP contribution in [0.3, 0.4) is 0 Å². The summed E-state index contributed by atoms with van der Waals surface area (Å²) in [6, 6.07) is 11.6. The molecule has 0 aliphatic rings. The first-order valence-electron chi connectivity index (χ1n) is 6.80. The number of anilines is 1. The summed E-state index contributed by atoms with van der Waals surface area (Å²) in [5, 5.41) is 14.1. The molecule has 0 saturated heterocycles. The number of hydrogen-bond acceptors (Lipinski definition) is 4. The molecule has 1 N–H and O–H groups in total. The van der Waals surface area contributed by atoms with E-state index in [2.05, 4.69) is 36.3 Å². The highest BCUT2D eigenvalue weighted by Crippen LogP contribution is 2.25. The van der Waals surface area contributed by atoms with Crippen LogP contribution in [0.2, 0.25) is 0 Å². The average molecular weight is 285 g/mol. The summed E-state index contributed by atoms with van der Waals surface area (Å²) in [4.78, 5) is 14.8. The Morgan fingerprint density at radius 1 is 1.29 bits per heavy atom. The number of nitrogens with one attached hydrogen (secondary N) is 1. The maximum absolute atomic E-state index is 10.9. The van der Waals surface area contributed by atoms with Gasteiger partial charge in [0.05, 0.1) is 11.0 Å². The quantitative estimate of drug-likeness (QED) is 0.672. The van der Waals surface area contributed by atoms with E-state index in [1.54, 1.807) is 6.92 Å². The van der Waals surface area contributed by atoms with Crippen LogP contribution < -0.4 is 5.32 Å². The third-order valence-corrected chi connectivity index (χ3v) is 3.54. The van der Waals surface area contributed by atoms with Gasteiger partial charge in [0.15, 0.2) is 0 Å². The first kappa shape index (κ1) is 15.0. The van der Waals surface area contributed by atoms with Crippen molar-refractivity contribution in [1.82, 2.24) is 4.98 Å². The van der Waals surface area contributed by atoms with Gasteiger partial charge in [0, 0.05) is 23.7 Å². The lowest BCUT2D eigenvalue weighted by atomic mass is 9.84. The van der Waals surface area contributed by atoms with E-state index in [0.717, 1.165) is 0 Å². The molecular weight excluding hydrogens is 266 g/mol. The Hall–Kier alpha value is -2.43. The van der Waals surface area contributed by atoms with Gasteiger partial charge in [0.2, 0.25) is 0 Å². The van der Waals surface area contributed by atoms with Gasteiger partial charge in [-0.05, 0) is 12.5 Å². The van der Waals surface area contributed by atoms with Gasteiger partial charge >= 0.3 is 0 Å². The normalized spacial score (nSPS) is 11.2. The van der Waals surface area contributed by atoms with E-state index in [1.165, 1.54) is 17.8 Å². The molecule has 0 fully saturated rings. The summed E-state index contributed by atoms with van der Waals surface area (Å²) in [6.45, 7) is 6.57. The Labute approximate surface area is 124 Å². The second-order valence-electron chi connectivity index (χ2n) is 5.72. The Bertz CT molecular complexity index is 639. The third-order valence-electron chi connectivity index (χ3n) is 3.54. The fraction of sp³-hybridized carbons (Fsp3) is 0.312. The second-order valence-corrected chi connectivity index (χ2v) is 5.72. The van der Waals surface area contributed by atoms with E-state index >= 15 is 0 Å². The number of hydrogen-bond donors (Lipinski definition) is 1. The molecule has 0 aliphatic heterocycles. The van der Waals surface area contributed by atoms with E-state index in [9.17, 15) is 10.1 Å². The molecule has 0 spiro atoms. The Morgan fingerprint density at radius 2 is 1.95 bits per heavy atom. The third kappa shape index (κ3) is 3.56. The minimum Gasteiger partial charge on any atom is -0.369 e. The van der Waals surface area contributed by atoms with Crippen LogP contribution in [0.25, 0.3) is 0 Å². The maximum atomic E-state index is 10.9. The molecule has 0 unspecified atom stereocenters. The fourth-order valence-corrected chi connectivity index (χ4v) is 2.11. The molecule has 1 heterocycles. The van der Waals surface area contributed by atoms with Crippen LogP contribution in [0.1, 0.15) is 25.0 Å². The number of nitrogens with zero attached hydrogens (tertiary/aromatic N) is 2. The van der Waals surface area contributed by atoms with Crippen LogP contribution in [0.5, 0.6) is 0 Å². The first-order valence-corrected chi connectivity index (χ1v) is 6.80. The number of aryl methyl sites for hydroxylation is 1. The van der Waals surface area contributed by atoms with Crippen molar-refractivity contribution in [2.24, 2.45) is 0 Å². The highest BCUT2D eigenvalue weighted by molar-refractivity contribution is 5.49. The summed E-state index contributed by atoms with van der Waals surface area (Å²) in [7, 11) is 0. The Morgan fingerprint density at radius 3 is 2.57 bits per heavy atom. The number of benzene rings is 1. The molecule has 21 heavy (non-hydrogen) atoms. The molecule has 5 heteroatoms. The molecule has 2 aromatic rings. The Kier molecular flexibility index (Phi) is 4.21. The number of rotatable bonds is 5. The van der Waals surface area contributed by atoms with Crippen molar-refractivity contribution in [2.75, 3.05) is 11.9 Å². The highest BCUT2D eigenvalue weighted by Gasteiger charge is 2.21. The minimum atomic E-state index is -0.384. The van der Waals surface area contributed by atoms with Crippen LogP contribution in [-0.2, 0) is 5.41 Å². The summed E-state index contributed by atoms with van der Waals surface area (Å²) < 4.78 is 0. The van der Waals surface area contributed by atoms with Crippen molar-refractivity contribution in [1.29, 1.82) is 0 Å². The molecule has 0 atom stereocenters. The van der Waals surface area contributed by atoms with Gasteiger partial charge in [-0.1, -0.05) is 44.2 Å². The lowest BCUT2D eigenvalue weighted by Gasteiger charge is -2.25. The van der Waals surface area contributed by atoms with Crippen LogP contribution in [0, 0.1) is 17.0 Å². The van der Waals surface area contributed by atoms with E-state index < -0.39 is 0 Å². The number of pyridine rings is 1. The van der Waals surface area contributed by atoms with Gasteiger partial charge in [-0.25, -0.2) is 4.98 Å². The van der Waals surface area contributed by atoms with Gasteiger partial charge < -0.3 is 5.32 Å². The zero-order chi connectivity index (χ0) is 15.5. The van der Waals surface area contributed by atoms with Gasteiger partial charge in [-0.3, -0.25) is 10.1 Å². The van der Waals surface area contributed by atoms with Crippen molar-refractivity contribution in [2.45, 2.75) is 26.2 Å². The molecule has 0 amide bonds. The molecule has 0 aliphatic carbocycles. The van der Waals surface area contributed by atoms with Crippen molar-refractivity contribution in [3.8, 4) is 0 Å². The monoisotopic (exact) mass is 285 g/mol. The summed E-state index contributed by atoms with van der Waals surface area (Å²) >= 11 is 0. The minimum absolute atomic E-state index is 0.0880. The first-order chi connectivity index (χ1) is 9.90. The molecule has 1 aromatic carbocycles. The molecule has 5 nitrogen and oxygen atoms in total. The van der Waals surface area contributed by atoms with Crippen molar-refractivity contribution in [3.05, 3.63) is 63.8 Å². The van der Waals surface area contributed by atoms with Crippen LogP contribution in [0.4, 0.5) is 11.5 Å². The van der Waals surface area contributed by atoms with Gasteiger partial charge in [-0.15, -0.1) is 0 Å². The predicted octanol–water partition coefficient (Wildman–Crippen LogP) is 3.69. The van der Waals surface area contributed by atoms with Crippen LogP contribution in [-0.4, -0.2) is 16.5 Å².